The van der Waals surface area contributed by atoms with Crippen molar-refractivity contribution in [3.8, 4) is 11.1 Å². The highest BCUT2D eigenvalue weighted by molar-refractivity contribution is 6.34. The fraction of sp³-hybridized carbons (Fsp3) is 0.143. The molecule has 0 saturated heterocycles. The molecule has 26 heavy (non-hydrogen) atoms. The van der Waals surface area contributed by atoms with Crippen LogP contribution in [0.4, 0.5) is 0 Å². The van der Waals surface area contributed by atoms with Crippen molar-refractivity contribution in [2.75, 3.05) is 0 Å². The van der Waals surface area contributed by atoms with Gasteiger partial charge in [-0.2, -0.15) is 0 Å². The number of halogens is 1. The molecule has 0 spiro atoms. The predicted octanol–water partition coefficient (Wildman–Crippen LogP) is 3.79. The largest absolute Gasteiger partial charge is 0.390 e. The van der Waals surface area contributed by atoms with E-state index >= 15 is 0 Å². The Labute approximate surface area is 156 Å². The number of aliphatic hydroxyl groups excluding tert-OH is 1. The van der Waals surface area contributed by atoms with Crippen LogP contribution in [0.3, 0.4) is 0 Å². The molecule has 2 aromatic carbocycles. The molecule has 4 rings (SSSR count). The van der Waals surface area contributed by atoms with Gasteiger partial charge in [-0.1, -0.05) is 41.9 Å². The third-order valence-electron chi connectivity index (χ3n) is 4.72. The van der Waals surface area contributed by atoms with Gasteiger partial charge in [-0.3, -0.25) is 9.78 Å². The van der Waals surface area contributed by atoms with Crippen LogP contribution in [0.25, 0.3) is 11.1 Å². The number of rotatable bonds is 3. The van der Waals surface area contributed by atoms with Gasteiger partial charge < -0.3 is 10.4 Å². The van der Waals surface area contributed by atoms with Crippen LogP contribution < -0.4 is 5.32 Å². The van der Waals surface area contributed by atoms with Gasteiger partial charge in [-0.05, 0) is 46.5 Å². The maximum Gasteiger partial charge on any atom is 0.253 e. The van der Waals surface area contributed by atoms with Gasteiger partial charge in [0.05, 0.1) is 22.7 Å². The number of benzene rings is 2. The van der Waals surface area contributed by atoms with E-state index in [1.165, 1.54) is 0 Å². The zero-order chi connectivity index (χ0) is 18.1. The molecule has 2 atom stereocenters. The van der Waals surface area contributed by atoms with Gasteiger partial charge in [-0.15, -0.1) is 0 Å². The number of hydrogen-bond donors (Lipinski definition) is 2. The number of hydrogen-bond acceptors (Lipinski definition) is 3. The summed E-state index contributed by atoms with van der Waals surface area (Å²) in [5.41, 5.74) is 4.30. The molecule has 5 heteroatoms. The molecule has 0 radical (unpaired) electrons. The summed E-state index contributed by atoms with van der Waals surface area (Å²) in [6, 6.07) is 16.4. The van der Waals surface area contributed by atoms with Crippen molar-refractivity contribution in [1.82, 2.24) is 10.3 Å². The van der Waals surface area contributed by atoms with Crippen LogP contribution in [-0.4, -0.2) is 22.1 Å². The Bertz CT molecular complexity index is 959. The van der Waals surface area contributed by atoms with Crippen molar-refractivity contribution in [2.45, 2.75) is 18.6 Å². The van der Waals surface area contributed by atoms with E-state index in [-0.39, 0.29) is 5.91 Å². The van der Waals surface area contributed by atoms with E-state index in [1.807, 2.05) is 42.5 Å². The Kier molecular flexibility index (Phi) is 4.45. The summed E-state index contributed by atoms with van der Waals surface area (Å²) in [4.78, 5) is 16.7. The van der Waals surface area contributed by atoms with E-state index in [0.29, 0.717) is 17.0 Å². The topological polar surface area (TPSA) is 62.2 Å². The van der Waals surface area contributed by atoms with Crippen molar-refractivity contribution in [3.05, 3.63) is 88.7 Å². The zero-order valence-corrected chi connectivity index (χ0v) is 14.6. The molecule has 0 unspecified atom stereocenters. The molecular weight excluding hydrogens is 348 g/mol. The lowest BCUT2D eigenvalue weighted by molar-refractivity contribution is 0.0858. The summed E-state index contributed by atoms with van der Waals surface area (Å²) < 4.78 is 0. The molecule has 1 aliphatic carbocycles. The first kappa shape index (κ1) is 16.8. The second-order valence-electron chi connectivity index (χ2n) is 6.35. The van der Waals surface area contributed by atoms with E-state index in [9.17, 15) is 9.90 Å². The number of pyridine rings is 1. The molecule has 1 heterocycles. The minimum Gasteiger partial charge on any atom is -0.390 e. The van der Waals surface area contributed by atoms with Crippen molar-refractivity contribution >= 4 is 17.5 Å². The van der Waals surface area contributed by atoms with Crippen LogP contribution in [0.15, 0.2) is 67.0 Å². The molecule has 2 N–H and O–H groups in total. The first-order valence-corrected chi connectivity index (χ1v) is 8.78. The second-order valence-corrected chi connectivity index (χ2v) is 6.76. The quantitative estimate of drug-likeness (QED) is 0.743. The highest BCUT2D eigenvalue weighted by atomic mass is 35.5. The second kappa shape index (κ2) is 6.90. The average molecular weight is 365 g/mol. The van der Waals surface area contributed by atoms with Gasteiger partial charge in [0.15, 0.2) is 0 Å². The Balaban J connectivity index is 1.58. The third kappa shape index (κ3) is 3.09. The molecule has 0 fully saturated rings. The van der Waals surface area contributed by atoms with Gasteiger partial charge >= 0.3 is 0 Å². The zero-order valence-electron chi connectivity index (χ0n) is 13.9. The molecule has 130 valence electrons. The lowest BCUT2D eigenvalue weighted by Gasteiger charge is -2.18. The maximum absolute atomic E-state index is 12.7. The molecule has 4 nitrogen and oxygen atoms in total. The monoisotopic (exact) mass is 364 g/mol. The Hall–Kier alpha value is -2.69. The minimum absolute atomic E-state index is 0.294. The highest BCUT2D eigenvalue weighted by Crippen LogP contribution is 2.32. The highest BCUT2D eigenvalue weighted by Gasteiger charge is 2.32. The number of aliphatic hydroxyl groups is 1. The molecule has 0 aliphatic heterocycles. The summed E-state index contributed by atoms with van der Waals surface area (Å²) in [6.07, 6.45) is 3.33. The van der Waals surface area contributed by atoms with E-state index in [0.717, 1.165) is 22.3 Å². The summed E-state index contributed by atoms with van der Waals surface area (Å²) in [5, 5.41) is 13.6. The molecule has 3 aromatic rings. The molecular formula is C21H17ClN2O2. The van der Waals surface area contributed by atoms with E-state index in [2.05, 4.69) is 10.3 Å². The lowest BCUT2D eigenvalue weighted by atomic mass is 10.0. The van der Waals surface area contributed by atoms with Gasteiger partial charge in [0.25, 0.3) is 5.91 Å². The van der Waals surface area contributed by atoms with Crippen LogP contribution in [0.2, 0.25) is 5.02 Å². The summed E-state index contributed by atoms with van der Waals surface area (Å²) >= 11 is 6.36. The van der Waals surface area contributed by atoms with Gasteiger partial charge in [0.2, 0.25) is 0 Å². The standard InChI is InChI=1S/C21H17ClN2O2/c22-18-11-14(13-7-9-23-10-8-13)5-6-17(18)21(26)24-20-16-4-2-1-3-15(16)12-19(20)25/h1-11,19-20,25H,12H2,(H,24,26)/t19-,20+/m1/s1. The van der Waals surface area contributed by atoms with E-state index < -0.39 is 12.1 Å². The number of nitrogens with one attached hydrogen (secondary N) is 1. The summed E-state index contributed by atoms with van der Waals surface area (Å²) in [6.45, 7) is 0. The SMILES string of the molecule is O=C(N[C@H]1c2ccccc2C[C@H]1O)c1ccc(-c2ccncc2)cc1Cl. The van der Waals surface area contributed by atoms with Gasteiger partial charge in [0.1, 0.15) is 0 Å². The van der Waals surface area contributed by atoms with Crippen molar-refractivity contribution in [2.24, 2.45) is 0 Å². The molecule has 1 aromatic heterocycles. The first-order valence-electron chi connectivity index (χ1n) is 8.40. The predicted molar refractivity (Wildman–Crippen MR) is 101 cm³/mol. The van der Waals surface area contributed by atoms with Crippen LogP contribution in [0.1, 0.15) is 27.5 Å². The van der Waals surface area contributed by atoms with Crippen molar-refractivity contribution < 1.29 is 9.90 Å². The van der Waals surface area contributed by atoms with Gasteiger partial charge in [0, 0.05) is 18.8 Å². The summed E-state index contributed by atoms with van der Waals surface area (Å²) in [7, 11) is 0. The maximum atomic E-state index is 12.7. The first-order chi connectivity index (χ1) is 12.6. The van der Waals surface area contributed by atoms with E-state index in [1.54, 1.807) is 24.5 Å². The van der Waals surface area contributed by atoms with Crippen LogP contribution in [0.5, 0.6) is 0 Å². The van der Waals surface area contributed by atoms with Crippen LogP contribution in [0, 0.1) is 0 Å². The lowest BCUT2D eigenvalue weighted by Crippen LogP contribution is -2.34. The Morgan fingerprint density at radius 1 is 1.08 bits per heavy atom. The fourth-order valence-electron chi connectivity index (χ4n) is 3.39. The average Bonchev–Trinajstić information content (AvgIpc) is 2.98. The number of carbonyl (C=O) groups excluding carboxylic acids is 1. The van der Waals surface area contributed by atoms with Crippen LogP contribution in [-0.2, 0) is 6.42 Å². The summed E-state index contributed by atoms with van der Waals surface area (Å²) in [5.74, 6) is -0.294. The Morgan fingerprint density at radius 3 is 2.62 bits per heavy atom. The molecule has 1 aliphatic rings. The fourth-order valence-corrected chi connectivity index (χ4v) is 3.66. The number of nitrogens with zero attached hydrogens (tertiary/aromatic N) is 1. The Morgan fingerprint density at radius 2 is 1.85 bits per heavy atom. The van der Waals surface area contributed by atoms with Gasteiger partial charge in [-0.25, -0.2) is 0 Å². The number of aromatic nitrogens is 1. The molecule has 1 amide bonds. The normalized spacial score (nSPS) is 18.4. The minimum atomic E-state index is -0.633. The van der Waals surface area contributed by atoms with Crippen LogP contribution >= 0.6 is 11.6 Å². The number of amides is 1. The van der Waals surface area contributed by atoms with E-state index in [4.69, 9.17) is 11.6 Å². The molecule has 0 bridgehead atoms. The molecule has 0 saturated carbocycles. The van der Waals surface area contributed by atoms with Crippen molar-refractivity contribution in [1.29, 1.82) is 0 Å². The number of carbonyl (C=O) groups is 1. The van der Waals surface area contributed by atoms with Crippen molar-refractivity contribution in [3.63, 3.8) is 0 Å². The smallest absolute Gasteiger partial charge is 0.253 e. The third-order valence-corrected chi connectivity index (χ3v) is 5.03. The number of fused-ring (bicyclic) bond motifs is 1.